The monoisotopic (exact) mass is 436 g/mol. The molecule has 8 heteroatoms. The van der Waals surface area contributed by atoms with Crippen LogP contribution in [0.1, 0.15) is 78.6 Å². The summed E-state index contributed by atoms with van der Waals surface area (Å²) < 4.78 is 10.8. The van der Waals surface area contributed by atoms with E-state index in [1.54, 1.807) is 13.8 Å². The van der Waals surface area contributed by atoms with Gasteiger partial charge in [0.25, 0.3) is 0 Å². The fourth-order valence-electron chi connectivity index (χ4n) is 3.22. The minimum atomic E-state index is -0.840. The molecule has 0 spiro atoms. The summed E-state index contributed by atoms with van der Waals surface area (Å²) in [6, 6.07) is 7.87. The van der Waals surface area contributed by atoms with Crippen molar-refractivity contribution in [3.63, 3.8) is 0 Å². The fourth-order valence-corrected chi connectivity index (χ4v) is 3.35. The summed E-state index contributed by atoms with van der Waals surface area (Å²) in [5.74, 6) is 0.833. The molecule has 1 aromatic heterocycles. The molecular formula is C22H33ClN4O3. The maximum absolute atomic E-state index is 12.1. The van der Waals surface area contributed by atoms with Gasteiger partial charge in [0.2, 0.25) is 5.89 Å². The molecule has 0 aliphatic carbocycles. The highest BCUT2D eigenvalue weighted by Crippen LogP contribution is 2.30. The maximum Gasteiger partial charge on any atom is 0.408 e. The number of hydrogen-bond donors (Lipinski definition) is 2. The van der Waals surface area contributed by atoms with Crippen LogP contribution in [0.3, 0.4) is 0 Å². The molecule has 0 unspecified atom stereocenters. The number of nitrogens with one attached hydrogen (secondary N) is 2. The Kier molecular flexibility index (Phi) is 7.53. The van der Waals surface area contributed by atoms with Crippen LogP contribution in [0.25, 0.3) is 0 Å². The highest BCUT2D eigenvalue weighted by molar-refractivity contribution is 6.30. The Morgan fingerprint density at radius 2 is 1.70 bits per heavy atom. The van der Waals surface area contributed by atoms with Crippen LogP contribution >= 0.6 is 11.6 Å². The van der Waals surface area contributed by atoms with Gasteiger partial charge in [0.15, 0.2) is 5.82 Å². The van der Waals surface area contributed by atoms with Gasteiger partial charge in [-0.3, -0.25) is 5.32 Å². The smallest absolute Gasteiger partial charge is 0.408 e. The lowest BCUT2D eigenvalue weighted by atomic mass is 9.84. The number of benzene rings is 1. The number of amides is 1. The van der Waals surface area contributed by atoms with Gasteiger partial charge in [-0.1, -0.05) is 42.7 Å². The predicted octanol–water partition coefficient (Wildman–Crippen LogP) is 5.29. The second-order valence-corrected chi connectivity index (χ2v) is 9.35. The van der Waals surface area contributed by atoms with E-state index in [0.29, 0.717) is 23.3 Å². The number of rotatable bonds is 8. The number of halogens is 1. The Labute approximate surface area is 183 Å². The fraction of sp³-hybridized carbons (Fsp3) is 0.591. The van der Waals surface area contributed by atoms with E-state index in [-0.39, 0.29) is 5.54 Å². The minimum absolute atomic E-state index is 0.233. The van der Waals surface area contributed by atoms with Crippen molar-refractivity contribution in [1.29, 1.82) is 0 Å². The van der Waals surface area contributed by atoms with Gasteiger partial charge in [-0.05, 0) is 65.2 Å². The first-order chi connectivity index (χ1) is 13.9. The van der Waals surface area contributed by atoms with Crippen molar-refractivity contribution in [1.82, 2.24) is 20.8 Å². The van der Waals surface area contributed by atoms with E-state index < -0.39 is 17.2 Å². The zero-order valence-electron chi connectivity index (χ0n) is 18.9. The zero-order chi connectivity index (χ0) is 22.6. The van der Waals surface area contributed by atoms with Gasteiger partial charge in [0, 0.05) is 10.6 Å². The van der Waals surface area contributed by atoms with E-state index in [9.17, 15) is 4.79 Å². The highest BCUT2D eigenvalue weighted by Gasteiger charge is 2.32. The van der Waals surface area contributed by atoms with Gasteiger partial charge >= 0.3 is 6.09 Å². The Hall–Kier alpha value is -2.12. The minimum Gasteiger partial charge on any atom is -0.444 e. The summed E-state index contributed by atoms with van der Waals surface area (Å²) in [4.78, 5) is 16.6. The number of alkyl carbamates (subject to hydrolysis) is 1. The first-order valence-electron chi connectivity index (χ1n) is 10.3. The maximum atomic E-state index is 12.1. The van der Waals surface area contributed by atoms with Crippen molar-refractivity contribution in [2.45, 2.75) is 84.5 Å². The number of carbonyl (C=O) groups is 1. The lowest BCUT2D eigenvalue weighted by molar-refractivity contribution is 0.0465. The molecule has 0 fully saturated rings. The van der Waals surface area contributed by atoms with Gasteiger partial charge in [0.1, 0.15) is 11.1 Å². The van der Waals surface area contributed by atoms with E-state index in [1.807, 2.05) is 45.0 Å². The van der Waals surface area contributed by atoms with E-state index >= 15 is 0 Å². The normalized spacial score (nSPS) is 12.7. The number of aromatic nitrogens is 2. The molecular weight excluding hydrogens is 404 g/mol. The second kappa shape index (κ2) is 9.35. The number of ether oxygens (including phenoxy) is 1. The van der Waals surface area contributed by atoms with Gasteiger partial charge in [-0.25, -0.2) is 4.79 Å². The van der Waals surface area contributed by atoms with Crippen LogP contribution < -0.4 is 10.6 Å². The summed E-state index contributed by atoms with van der Waals surface area (Å²) in [5, 5.41) is 11.1. The molecule has 166 valence electrons. The van der Waals surface area contributed by atoms with Crippen LogP contribution in [-0.4, -0.2) is 21.8 Å². The average Bonchev–Trinajstić information content (AvgIpc) is 3.12. The molecule has 0 radical (unpaired) electrons. The highest BCUT2D eigenvalue weighted by atomic mass is 35.5. The summed E-state index contributed by atoms with van der Waals surface area (Å²) in [6.07, 6.45) is 1.24. The third kappa shape index (κ3) is 6.19. The van der Waals surface area contributed by atoms with Crippen LogP contribution in [0, 0.1) is 0 Å². The third-order valence-electron chi connectivity index (χ3n) is 5.02. The SMILES string of the molecule is CCC(CC)(NCc1nc(C(C)(C)NC(=O)OC(C)(C)C)no1)c1ccc(Cl)cc1. The summed E-state index contributed by atoms with van der Waals surface area (Å²) in [7, 11) is 0. The standard InChI is InChI=1S/C22H33ClN4O3/c1-8-22(9-2,15-10-12-16(23)13-11-15)24-14-17-25-18(27-30-17)21(6,7)26-19(28)29-20(3,4)5/h10-13,24H,8-9,14H2,1-7H3,(H,26,28). The van der Waals surface area contributed by atoms with Crippen LogP contribution in [0.2, 0.25) is 5.02 Å². The average molecular weight is 437 g/mol. The topological polar surface area (TPSA) is 89.3 Å². The molecule has 0 saturated carbocycles. The van der Waals surface area contributed by atoms with Crippen molar-refractivity contribution >= 4 is 17.7 Å². The van der Waals surface area contributed by atoms with Crippen molar-refractivity contribution in [3.8, 4) is 0 Å². The molecule has 0 saturated heterocycles. The van der Waals surface area contributed by atoms with Crippen molar-refractivity contribution in [2.24, 2.45) is 0 Å². The molecule has 1 heterocycles. The molecule has 2 rings (SSSR count). The van der Waals surface area contributed by atoms with Crippen LogP contribution in [-0.2, 0) is 22.4 Å². The quantitative estimate of drug-likeness (QED) is 0.584. The van der Waals surface area contributed by atoms with Gasteiger partial charge in [-0.2, -0.15) is 4.98 Å². The van der Waals surface area contributed by atoms with E-state index in [1.165, 1.54) is 0 Å². The molecule has 0 aliphatic heterocycles. The Morgan fingerprint density at radius 3 is 2.23 bits per heavy atom. The number of nitrogens with zero attached hydrogens (tertiary/aromatic N) is 2. The first-order valence-corrected chi connectivity index (χ1v) is 10.6. The molecule has 0 aliphatic rings. The number of hydrogen-bond acceptors (Lipinski definition) is 6. The molecule has 30 heavy (non-hydrogen) atoms. The Bertz CT molecular complexity index is 837. The molecule has 0 atom stereocenters. The van der Waals surface area contributed by atoms with E-state index in [0.717, 1.165) is 18.4 Å². The Balaban J connectivity index is 2.10. The lowest BCUT2D eigenvalue weighted by Gasteiger charge is -2.33. The van der Waals surface area contributed by atoms with Crippen molar-refractivity contribution in [2.75, 3.05) is 0 Å². The van der Waals surface area contributed by atoms with Crippen LogP contribution in [0.15, 0.2) is 28.8 Å². The first kappa shape index (κ1) is 24.2. The lowest BCUT2D eigenvalue weighted by Crippen LogP contribution is -2.44. The Morgan fingerprint density at radius 1 is 1.10 bits per heavy atom. The summed E-state index contributed by atoms with van der Waals surface area (Å²) in [6.45, 7) is 13.7. The van der Waals surface area contributed by atoms with Crippen molar-refractivity contribution < 1.29 is 14.1 Å². The number of carbonyl (C=O) groups excluding carboxylic acids is 1. The van der Waals surface area contributed by atoms with Gasteiger partial charge in [0.05, 0.1) is 6.54 Å². The molecule has 7 nitrogen and oxygen atoms in total. The zero-order valence-corrected chi connectivity index (χ0v) is 19.7. The molecule has 0 bridgehead atoms. The largest absolute Gasteiger partial charge is 0.444 e. The molecule has 1 aromatic carbocycles. The summed E-state index contributed by atoms with van der Waals surface area (Å²) >= 11 is 6.05. The van der Waals surface area contributed by atoms with E-state index in [2.05, 4.69) is 34.6 Å². The second-order valence-electron chi connectivity index (χ2n) is 8.91. The molecule has 2 aromatic rings. The van der Waals surface area contributed by atoms with E-state index in [4.69, 9.17) is 20.9 Å². The summed E-state index contributed by atoms with van der Waals surface area (Å²) in [5.41, 5.74) is -0.502. The van der Waals surface area contributed by atoms with Crippen molar-refractivity contribution in [3.05, 3.63) is 46.6 Å². The predicted molar refractivity (Wildman–Crippen MR) is 117 cm³/mol. The van der Waals surface area contributed by atoms with Crippen LogP contribution in [0.5, 0.6) is 0 Å². The third-order valence-corrected chi connectivity index (χ3v) is 5.27. The van der Waals surface area contributed by atoms with Gasteiger partial charge in [-0.15, -0.1) is 0 Å². The van der Waals surface area contributed by atoms with Gasteiger partial charge < -0.3 is 14.6 Å². The molecule has 1 amide bonds. The van der Waals surface area contributed by atoms with Crippen LogP contribution in [0.4, 0.5) is 4.79 Å². The molecule has 2 N–H and O–H groups in total.